The second-order valence-corrected chi connectivity index (χ2v) is 6.13. The van der Waals surface area contributed by atoms with Gasteiger partial charge in [0.2, 0.25) is 0 Å². The summed E-state index contributed by atoms with van der Waals surface area (Å²) in [5, 5.41) is 14.9. The number of benzene rings is 1. The summed E-state index contributed by atoms with van der Waals surface area (Å²) in [5.41, 5.74) is 3.63. The molecule has 23 heavy (non-hydrogen) atoms. The maximum atomic E-state index is 11.3. The molecule has 118 valence electrons. The Balaban J connectivity index is 2.24. The van der Waals surface area contributed by atoms with Crippen molar-refractivity contribution in [2.45, 2.75) is 27.3 Å². The van der Waals surface area contributed by atoms with E-state index in [0.717, 1.165) is 34.5 Å². The molecule has 0 radical (unpaired) electrons. The predicted molar refractivity (Wildman–Crippen MR) is 89.5 cm³/mol. The lowest BCUT2D eigenvalue weighted by molar-refractivity contribution is 0.0697. The minimum atomic E-state index is -0.931. The molecule has 2 aromatic heterocycles. The van der Waals surface area contributed by atoms with Crippen molar-refractivity contribution in [1.82, 2.24) is 14.8 Å². The second kappa shape index (κ2) is 5.83. The molecule has 0 saturated heterocycles. The minimum Gasteiger partial charge on any atom is -0.478 e. The number of nitrogens with zero attached hydrogens (tertiary/aromatic N) is 3. The summed E-state index contributed by atoms with van der Waals surface area (Å²) in [5.74, 6) is -0.524. The summed E-state index contributed by atoms with van der Waals surface area (Å²) in [4.78, 5) is 15.8. The van der Waals surface area contributed by atoms with Gasteiger partial charge in [-0.2, -0.15) is 5.10 Å². The Kier molecular flexibility index (Phi) is 3.86. The second-order valence-electron chi connectivity index (χ2n) is 6.13. The summed E-state index contributed by atoms with van der Waals surface area (Å²) in [6.45, 7) is 6.89. The van der Waals surface area contributed by atoms with Crippen molar-refractivity contribution in [2.24, 2.45) is 5.92 Å². The van der Waals surface area contributed by atoms with Gasteiger partial charge in [-0.1, -0.05) is 19.9 Å². The van der Waals surface area contributed by atoms with Crippen LogP contribution in [0.5, 0.6) is 0 Å². The van der Waals surface area contributed by atoms with Crippen LogP contribution in [0.25, 0.3) is 22.3 Å². The lowest BCUT2D eigenvalue weighted by Crippen LogP contribution is -2.06. The lowest BCUT2D eigenvalue weighted by atomic mass is 10.1. The number of pyridine rings is 1. The number of aromatic nitrogens is 3. The summed E-state index contributed by atoms with van der Waals surface area (Å²) in [6.07, 6.45) is 0. The molecule has 0 spiro atoms. The van der Waals surface area contributed by atoms with Crippen LogP contribution >= 0.6 is 0 Å². The summed E-state index contributed by atoms with van der Waals surface area (Å²) in [7, 11) is 0. The molecule has 3 aromatic rings. The number of fused-ring (bicyclic) bond motifs is 1. The van der Waals surface area contributed by atoms with E-state index >= 15 is 0 Å². The van der Waals surface area contributed by atoms with Crippen molar-refractivity contribution in [3.05, 3.63) is 47.7 Å². The monoisotopic (exact) mass is 309 g/mol. The molecule has 0 aliphatic rings. The molecule has 3 rings (SSSR count). The first-order chi connectivity index (χ1) is 11.0. The zero-order valence-electron chi connectivity index (χ0n) is 13.4. The summed E-state index contributed by atoms with van der Waals surface area (Å²) >= 11 is 0. The first kappa shape index (κ1) is 15.2. The first-order valence-corrected chi connectivity index (χ1v) is 7.63. The zero-order chi connectivity index (χ0) is 16.6. The molecule has 0 unspecified atom stereocenters. The number of carboxylic acids is 1. The fraction of sp³-hybridized carbons (Fsp3) is 0.278. The standard InChI is InChI=1S/C18H19N3O2/c1-11(2)10-21-16-9-13(18(22)23)7-8-14(16)17(20-21)15-6-4-5-12(3)19-15/h4-9,11H,10H2,1-3H3,(H,22,23). The molecule has 5 nitrogen and oxygen atoms in total. The number of aryl methyl sites for hydroxylation is 1. The molecule has 0 saturated carbocycles. The number of aromatic carboxylic acids is 1. The van der Waals surface area contributed by atoms with Crippen LogP contribution in [0, 0.1) is 12.8 Å². The first-order valence-electron chi connectivity index (χ1n) is 7.63. The lowest BCUT2D eigenvalue weighted by Gasteiger charge is -2.06. The smallest absolute Gasteiger partial charge is 0.335 e. The third-order valence-electron chi connectivity index (χ3n) is 3.67. The third-order valence-corrected chi connectivity index (χ3v) is 3.67. The third kappa shape index (κ3) is 2.95. The molecule has 2 heterocycles. The van der Waals surface area contributed by atoms with E-state index in [2.05, 4.69) is 18.8 Å². The fourth-order valence-electron chi connectivity index (χ4n) is 2.66. The van der Waals surface area contributed by atoms with Crippen LogP contribution in [-0.2, 0) is 6.54 Å². The van der Waals surface area contributed by atoms with Crippen molar-refractivity contribution in [2.75, 3.05) is 0 Å². The van der Waals surface area contributed by atoms with E-state index in [0.29, 0.717) is 5.92 Å². The number of rotatable bonds is 4. The van der Waals surface area contributed by atoms with Crippen molar-refractivity contribution < 1.29 is 9.90 Å². The number of hydrogen-bond acceptors (Lipinski definition) is 3. The zero-order valence-corrected chi connectivity index (χ0v) is 13.4. The van der Waals surface area contributed by atoms with Gasteiger partial charge >= 0.3 is 5.97 Å². The van der Waals surface area contributed by atoms with Crippen LogP contribution in [0.1, 0.15) is 29.9 Å². The molecule has 0 fully saturated rings. The predicted octanol–water partition coefficient (Wildman–Crippen LogP) is 3.76. The summed E-state index contributed by atoms with van der Waals surface area (Å²) in [6, 6.07) is 11.0. The van der Waals surface area contributed by atoms with E-state index in [1.54, 1.807) is 12.1 Å². The largest absolute Gasteiger partial charge is 0.478 e. The highest BCUT2D eigenvalue weighted by molar-refractivity contribution is 5.98. The topological polar surface area (TPSA) is 68.0 Å². The molecule has 0 atom stereocenters. The molecule has 1 N–H and O–H groups in total. The molecule has 0 amide bonds. The van der Waals surface area contributed by atoms with E-state index in [4.69, 9.17) is 5.10 Å². The highest BCUT2D eigenvalue weighted by Gasteiger charge is 2.16. The van der Waals surface area contributed by atoms with E-state index in [-0.39, 0.29) is 5.56 Å². The van der Waals surface area contributed by atoms with Crippen LogP contribution in [0.2, 0.25) is 0 Å². The number of hydrogen-bond donors (Lipinski definition) is 1. The van der Waals surface area contributed by atoms with Crippen LogP contribution in [0.4, 0.5) is 0 Å². The average molecular weight is 309 g/mol. The highest BCUT2D eigenvalue weighted by atomic mass is 16.4. The average Bonchev–Trinajstić information content (AvgIpc) is 2.84. The van der Waals surface area contributed by atoms with E-state index < -0.39 is 5.97 Å². The Morgan fingerprint density at radius 3 is 2.70 bits per heavy atom. The molecule has 0 aliphatic carbocycles. The number of carbonyl (C=O) groups is 1. The van der Waals surface area contributed by atoms with Crippen molar-refractivity contribution in [3.8, 4) is 11.4 Å². The Hall–Kier alpha value is -2.69. The van der Waals surface area contributed by atoms with Crippen molar-refractivity contribution in [3.63, 3.8) is 0 Å². The molecule has 5 heteroatoms. The molecule has 0 aliphatic heterocycles. The maximum Gasteiger partial charge on any atom is 0.335 e. The maximum absolute atomic E-state index is 11.3. The van der Waals surface area contributed by atoms with Gasteiger partial charge in [0.05, 0.1) is 16.8 Å². The van der Waals surface area contributed by atoms with Crippen LogP contribution < -0.4 is 0 Å². The van der Waals surface area contributed by atoms with E-state index in [1.165, 1.54) is 0 Å². The quantitative estimate of drug-likeness (QED) is 0.796. The highest BCUT2D eigenvalue weighted by Crippen LogP contribution is 2.28. The van der Waals surface area contributed by atoms with Gasteiger partial charge in [-0.25, -0.2) is 4.79 Å². The van der Waals surface area contributed by atoms with Gasteiger partial charge in [0, 0.05) is 17.6 Å². The van der Waals surface area contributed by atoms with Gasteiger partial charge in [-0.05, 0) is 43.2 Å². The van der Waals surface area contributed by atoms with Gasteiger partial charge < -0.3 is 5.11 Å². The number of carboxylic acid groups (broad SMARTS) is 1. The molecular formula is C18H19N3O2. The molecule has 1 aromatic carbocycles. The molecule has 0 bridgehead atoms. The SMILES string of the molecule is Cc1cccc(-c2nn(CC(C)C)c3cc(C(=O)O)ccc23)n1. The van der Waals surface area contributed by atoms with Crippen LogP contribution in [-0.4, -0.2) is 25.8 Å². The van der Waals surface area contributed by atoms with Crippen molar-refractivity contribution in [1.29, 1.82) is 0 Å². The van der Waals surface area contributed by atoms with Gasteiger partial charge in [-0.15, -0.1) is 0 Å². The normalized spacial score (nSPS) is 11.3. The fourth-order valence-corrected chi connectivity index (χ4v) is 2.66. The van der Waals surface area contributed by atoms with Crippen LogP contribution in [0.15, 0.2) is 36.4 Å². The van der Waals surface area contributed by atoms with Gasteiger partial charge in [0.15, 0.2) is 0 Å². The Labute approximate surface area is 134 Å². The van der Waals surface area contributed by atoms with Gasteiger partial charge in [0.1, 0.15) is 5.69 Å². The van der Waals surface area contributed by atoms with E-state index in [9.17, 15) is 9.90 Å². The van der Waals surface area contributed by atoms with E-state index in [1.807, 2.05) is 35.9 Å². The Morgan fingerprint density at radius 1 is 1.26 bits per heavy atom. The Morgan fingerprint density at radius 2 is 2.04 bits per heavy atom. The Bertz CT molecular complexity index is 881. The van der Waals surface area contributed by atoms with Gasteiger partial charge in [0.25, 0.3) is 0 Å². The molecular weight excluding hydrogens is 290 g/mol. The van der Waals surface area contributed by atoms with Crippen molar-refractivity contribution >= 4 is 16.9 Å². The van der Waals surface area contributed by atoms with Crippen LogP contribution in [0.3, 0.4) is 0 Å². The minimum absolute atomic E-state index is 0.270. The van der Waals surface area contributed by atoms with Gasteiger partial charge in [-0.3, -0.25) is 9.67 Å². The summed E-state index contributed by atoms with van der Waals surface area (Å²) < 4.78 is 1.88.